The number of carbonyl (C=O) groups is 1. The standard InChI is InChI=1S/C20H20N4O2/c1-26-14-13-23-19(22-18-6-3-2-5-17(18)20(23)25)15-7-9-16(10-8-15)24-12-4-11-21-24/h2-12,19,22H,13-14H2,1H3/t19-/m1/s1. The Hall–Kier alpha value is -3.12. The molecule has 2 heterocycles. The largest absolute Gasteiger partial charge is 0.383 e. The number of carbonyl (C=O) groups excluding carboxylic acids is 1. The summed E-state index contributed by atoms with van der Waals surface area (Å²) in [6.45, 7) is 1.000. The van der Waals surface area contributed by atoms with Crippen LogP contribution in [0.1, 0.15) is 22.1 Å². The number of amides is 1. The van der Waals surface area contributed by atoms with E-state index in [1.165, 1.54) is 0 Å². The number of rotatable bonds is 5. The maximum Gasteiger partial charge on any atom is 0.257 e. The van der Waals surface area contributed by atoms with Crippen molar-refractivity contribution in [3.05, 3.63) is 78.1 Å². The molecule has 132 valence electrons. The molecule has 0 aliphatic carbocycles. The van der Waals surface area contributed by atoms with Crippen molar-refractivity contribution in [2.24, 2.45) is 0 Å². The number of hydrogen-bond donors (Lipinski definition) is 1. The monoisotopic (exact) mass is 348 g/mol. The van der Waals surface area contributed by atoms with E-state index in [4.69, 9.17) is 4.74 Å². The Morgan fingerprint density at radius 3 is 2.65 bits per heavy atom. The van der Waals surface area contributed by atoms with E-state index in [9.17, 15) is 4.79 Å². The fourth-order valence-corrected chi connectivity index (χ4v) is 3.21. The summed E-state index contributed by atoms with van der Waals surface area (Å²) in [7, 11) is 1.64. The average molecular weight is 348 g/mol. The normalized spacial score (nSPS) is 16.3. The van der Waals surface area contributed by atoms with Crippen LogP contribution in [0.25, 0.3) is 5.69 Å². The third-order valence-corrected chi connectivity index (χ3v) is 4.54. The number of anilines is 1. The Morgan fingerprint density at radius 1 is 1.12 bits per heavy atom. The number of fused-ring (bicyclic) bond motifs is 1. The Bertz CT molecular complexity index is 890. The van der Waals surface area contributed by atoms with Crippen LogP contribution >= 0.6 is 0 Å². The maximum absolute atomic E-state index is 13.0. The van der Waals surface area contributed by atoms with E-state index in [1.54, 1.807) is 18.0 Å². The van der Waals surface area contributed by atoms with Crippen molar-refractivity contribution >= 4 is 11.6 Å². The van der Waals surface area contributed by atoms with Crippen LogP contribution in [0.4, 0.5) is 5.69 Å². The summed E-state index contributed by atoms with van der Waals surface area (Å²) in [5.74, 6) is 0.0116. The van der Waals surface area contributed by atoms with Gasteiger partial charge in [0, 0.05) is 31.7 Å². The number of nitrogens with zero attached hydrogens (tertiary/aromatic N) is 3. The molecule has 1 amide bonds. The molecular weight excluding hydrogens is 328 g/mol. The molecule has 0 fully saturated rings. The Morgan fingerprint density at radius 2 is 1.92 bits per heavy atom. The van der Waals surface area contributed by atoms with Gasteiger partial charge in [-0.05, 0) is 35.9 Å². The number of aromatic nitrogens is 2. The van der Waals surface area contributed by atoms with Crippen LogP contribution in [0.3, 0.4) is 0 Å². The number of ether oxygens (including phenoxy) is 1. The molecule has 0 bridgehead atoms. The third kappa shape index (κ3) is 2.95. The molecule has 0 unspecified atom stereocenters. The zero-order chi connectivity index (χ0) is 17.9. The minimum absolute atomic E-state index is 0.0116. The summed E-state index contributed by atoms with van der Waals surface area (Å²) in [5, 5.41) is 7.73. The highest BCUT2D eigenvalue weighted by Gasteiger charge is 2.32. The Kier molecular flexibility index (Phi) is 4.41. The Balaban J connectivity index is 1.67. The van der Waals surface area contributed by atoms with E-state index in [0.717, 1.165) is 16.9 Å². The minimum Gasteiger partial charge on any atom is -0.383 e. The summed E-state index contributed by atoms with van der Waals surface area (Å²) in [4.78, 5) is 14.8. The van der Waals surface area contributed by atoms with Gasteiger partial charge in [-0.2, -0.15) is 5.10 Å². The first-order valence-corrected chi connectivity index (χ1v) is 8.53. The first kappa shape index (κ1) is 16.4. The van der Waals surface area contributed by atoms with E-state index in [2.05, 4.69) is 10.4 Å². The van der Waals surface area contributed by atoms with Gasteiger partial charge < -0.3 is 15.0 Å². The van der Waals surface area contributed by atoms with Gasteiger partial charge in [-0.25, -0.2) is 4.68 Å². The van der Waals surface area contributed by atoms with E-state index >= 15 is 0 Å². The second-order valence-corrected chi connectivity index (χ2v) is 6.13. The first-order valence-electron chi connectivity index (χ1n) is 8.53. The van der Waals surface area contributed by atoms with Gasteiger partial charge in [-0.3, -0.25) is 4.79 Å². The molecule has 0 saturated carbocycles. The van der Waals surface area contributed by atoms with Crippen LogP contribution in [0.15, 0.2) is 67.0 Å². The summed E-state index contributed by atoms with van der Waals surface area (Å²) in [5.41, 5.74) is 3.53. The molecule has 3 aromatic rings. The molecule has 1 atom stereocenters. The number of benzene rings is 2. The topological polar surface area (TPSA) is 59.4 Å². The average Bonchev–Trinajstić information content (AvgIpc) is 3.22. The molecule has 0 spiro atoms. The van der Waals surface area contributed by atoms with E-state index in [-0.39, 0.29) is 12.1 Å². The number of para-hydroxylation sites is 1. The van der Waals surface area contributed by atoms with Crippen molar-refractivity contribution in [2.75, 3.05) is 25.6 Å². The van der Waals surface area contributed by atoms with Crippen molar-refractivity contribution in [2.45, 2.75) is 6.17 Å². The van der Waals surface area contributed by atoms with E-state index < -0.39 is 0 Å². The molecule has 4 rings (SSSR count). The van der Waals surface area contributed by atoms with Gasteiger partial charge in [0.25, 0.3) is 5.91 Å². The second kappa shape index (κ2) is 7.01. The van der Waals surface area contributed by atoms with Gasteiger partial charge in [-0.15, -0.1) is 0 Å². The van der Waals surface area contributed by atoms with Crippen molar-refractivity contribution in [3.63, 3.8) is 0 Å². The van der Waals surface area contributed by atoms with Crippen molar-refractivity contribution < 1.29 is 9.53 Å². The van der Waals surface area contributed by atoms with Crippen LogP contribution < -0.4 is 5.32 Å². The van der Waals surface area contributed by atoms with Gasteiger partial charge in [0.1, 0.15) is 6.17 Å². The SMILES string of the molecule is COCCN1C(=O)c2ccccc2N[C@H]1c1ccc(-n2cccn2)cc1. The molecule has 2 aromatic carbocycles. The lowest BCUT2D eigenvalue weighted by atomic mass is 10.0. The van der Waals surface area contributed by atoms with Crippen molar-refractivity contribution in [1.82, 2.24) is 14.7 Å². The van der Waals surface area contributed by atoms with Gasteiger partial charge in [-0.1, -0.05) is 24.3 Å². The highest BCUT2D eigenvalue weighted by atomic mass is 16.5. The molecule has 1 aliphatic heterocycles. The van der Waals surface area contributed by atoms with Crippen LogP contribution in [-0.4, -0.2) is 40.8 Å². The van der Waals surface area contributed by atoms with Crippen molar-refractivity contribution in [1.29, 1.82) is 0 Å². The molecule has 26 heavy (non-hydrogen) atoms. The number of hydrogen-bond acceptors (Lipinski definition) is 4. The first-order chi connectivity index (χ1) is 12.8. The molecule has 6 nitrogen and oxygen atoms in total. The van der Waals surface area contributed by atoms with Crippen LogP contribution in [0.5, 0.6) is 0 Å². The number of nitrogens with one attached hydrogen (secondary N) is 1. The highest BCUT2D eigenvalue weighted by Crippen LogP contribution is 2.33. The lowest BCUT2D eigenvalue weighted by Gasteiger charge is -2.38. The molecule has 1 aliphatic rings. The minimum atomic E-state index is -0.237. The van der Waals surface area contributed by atoms with Crippen LogP contribution in [0.2, 0.25) is 0 Å². The summed E-state index contributed by atoms with van der Waals surface area (Å²) < 4.78 is 7.01. The smallest absolute Gasteiger partial charge is 0.257 e. The maximum atomic E-state index is 13.0. The van der Waals surface area contributed by atoms with Crippen molar-refractivity contribution in [3.8, 4) is 5.69 Å². The zero-order valence-electron chi connectivity index (χ0n) is 14.5. The van der Waals surface area contributed by atoms with Gasteiger partial charge in [0.2, 0.25) is 0 Å². The highest BCUT2D eigenvalue weighted by molar-refractivity contribution is 6.01. The lowest BCUT2D eigenvalue weighted by molar-refractivity contribution is 0.0609. The lowest BCUT2D eigenvalue weighted by Crippen LogP contribution is -2.44. The number of methoxy groups -OCH3 is 1. The molecule has 1 N–H and O–H groups in total. The predicted molar refractivity (Wildman–Crippen MR) is 99.3 cm³/mol. The summed E-state index contributed by atoms with van der Waals surface area (Å²) >= 11 is 0. The zero-order valence-corrected chi connectivity index (χ0v) is 14.5. The molecule has 0 radical (unpaired) electrons. The van der Waals surface area contributed by atoms with Gasteiger partial charge >= 0.3 is 0 Å². The quantitative estimate of drug-likeness (QED) is 0.770. The fraction of sp³-hybridized carbons (Fsp3) is 0.200. The Labute approximate surface area is 152 Å². The van der Waals surface area contributed by atoms with E-state index in [1.807, 2.05) is 65.7 Å². The predicted octanol–water partition coefficient (Wildman–Crippen LogP) is 3.09. The summed E-state index contributed by atoms with van der Waals surface area (Å²) in [6, 6.07) is 17.5. The molecule has 0 saturated heterocycles. The molecular formula is C20H20N4O2. The summed E-state index contributed by atoms with van der Waals surface area (Å²) in [6.07, 6.45) is 3.41. The fourth-order valence-electron chi connectivity index (χ4n) is 3.21. The van der Waals surface area contributed by atoms with Gasteiger partial charge in [0.15, 0.2) is 0 Å². The van der Waals surface area contributed by atoms with Crippen LogP contribution in [-0.2, 0) is 4.74 Å². The molecule has 1 aromatic heterocycles. The third-order valence-electron chi connectivity index (χ3n) is 4.54. The van der Waals surface area contributed by atoms with Gasteiger partial charge in [0.05, 0.1) is 17.9 Å². The molecule has 6 heteroatoms. The van der Waals surface area contributed by atoms with E-state index in [0.29, 0.717) is 18.7 Å². The van der Waals surface area contributed by atoms with Crippen LogP contribution in [0, 0.1) is 0 Å². The second-order valence-electron chi connectivity index (χ2n) is 6.13.